The van der Waals surface area contributed by atoms with Crippen LogP contribution in [0.1, 0.15) is 23.5 Å². The third-order valence-corrected chi connectivity index (χ3v) is 4.27. The second-order valence-corrected chi connectivity index (χ2v) is 6.11. The van der Waals surface area contributed by atoms with Crippen LogP contribution in [0, 0.1) is 0 Å². The van der Waals surface area contributed by atoms with Gasteiger partial charge in [-0.05, 0) is 47.4 Å². The minimum absolute atomic E-state index is 0.339. The summed E-state index contributed by atoms with van der Waals surface area (Å²) >= 11 is 9.45. The van der Waals surface area contributed by atoms with E-state index in [-0.39, 0.29) is 0 Å². The molecule has 1 aliphatic heterocycles. The zero-order valence-corrected chi connectivity index (χ0v) is 13.1. The second kappa shape index (κ2) is 5.94. The number of nitrogens with zero attached hydrogens (tertiary/aromatic N) is 1. The lowest BCUT2D eigenvalue weighted by Gasteiger charge is -2.22. The zero-order chi connectivity index (χ0) is 13.9. The maximum atomic E-state index is 5.98. The Morgan fingerprint density at radius 1 is 1.00 bits per heavy atom. The molecule has 1 nitrogen and oxygen atoms in total. The van der Waals surface area contributed by atoms with Crippen LogP contribution < -0.4 is 0 Å². The first-order valence-electron chi connectivity index (χ1n) is 6.47. The maximum absolute atomic E-state index is 5.98. The molecule has 3 heteroatoms. The van der Waals surface area contributed by atoms with Crippen LogP contribution in [0.4, 0.5) is 0 Å². The van der Waals surface area contributed by atoms with Gasteiger partial charge >= 0.3 is 0 Å². The molecule has 1 aliphatic rings. The van der Waals surface area contributed by atoms with Gasteiger partial charge in [0.25, 0.3) is 0 Å². The Bertz CT molecular complexity index is 656. The summed E-state index contributed by atoms with van der Waals surface area (Å²) in [7, 11) is 0. The Morgan fingerprint density at radius 3 is 2.40 bits per heavy atom. The largest absolute Gasteiger partial charge is 0.269 e. The van der Waals surface area contributed by atoms with Crippen LogP contribution in [0.25, 0.3) is 5.57 Å². The van der Waals surface area contributed by atoms with E-state index < -0.39 is 0 Å². The molecule has 3 rings (SSSR count). The van der Waals surface area contributed by atoms with Gasteiger partial charge in [0, 0.05) is 27.8 Å². The van der Waals surface area contributed by atoms with Gasteiger partial charge in [0.15, 0.2) is 0 Å². The normalized spacial score (nSPS) is 17.9. The van der Waals surface area contributed by atoms with Crippen molar-refractivity contribution in [2.75, 3.05) is 0 Å². The van der Waals surface area contributed by atoms with Crippen LogP contribution in [-0.2, 0) is 0 Å². The lowest BCUT2D eigenvalue weighted by Crippen LogP contribution is -2.06. The monoisotopic (exact) mass is 345 g/mol. The number of hydrogen-bond acceptors (Lipinski definition) is 1. The number of halogens is 2. The van der Waals surface area contributed by atoms with Crippen LogP contribution >= 0.6 is 27.5 Å². The standard InChI is InChI=1S/C17H13BrClN/c18-14-5-1-13(2-6-14)17-11-20-10-9-16(17)12-3-7-15(19)8-4-12/h1-8,10-11,16H,9H2. The molecule has 0 aliphatic carbocycles. The minimum atomic E-state index is 0.339. The number of benzene rings is 2. The van der Waals surface area contributed by atoms with Gasteiger partial charge < -0.3 is 0 Å². The van der Waals surface area contributed by atoms with Gasteiger partial charge in [0.1, 0.15) is 0 Å². The molecule has 0 saturated carbocycles. The summed E-state index contributed by atoms with van der Waals surface area (Å²) in [6.45, 7) is 0. The molecule has 1 unspecified atom stereocenters. The van der Waals surface area contributed by atoms with E-state index in [1.807, 2.05) is 24.5 Å². The van der Waals surface area contributed by atoms with Crippen molar-refractivity contribution in [1.82, 2.24) is 0 Å². The highest BCUT2D eigenvalue weighted by Crippen LogP contribution is 2.37. The molecule has 0 amide bonds. The van der Waals surface area contributed by atoms with E-state index in [2.05, 4.69) is 57.3 Å². The fourth-order valence-electron chi connectivity index (χ4n) is 2.45. The maximum Gasteiger partial charge on any atom is 0.0406 e. The Labute approximate surface area is 132 Å². The molecule has 0 bridgehead atoms. The fourth-order valence-corrected chi connectivity index (χ4v) is 2.84. The van der Waals surface area contributed by atoms with E-state index in [4.69, 9.17) is 11.6 Å². The van der Waals surface area contributed by atoms with E-state index in [1.54, 1.807) is 0 Å². The van der Waals surface area contributed by atoms with Crippen LogP contribution in [0.15, 0.2) is 64.2 Å². The average Bonchev–Trinajstić information content (AvgIpc) is 2.49. The summed E-state index contributed by atoms with van der Waals surface area (Å²) in [6.07, 6.45) is 4.86. The van der Waals surface area contributed by atoms with Crippen LogP contribution in [0.3, 0.4) is 0 Å². The van der Waals surface area contributed by atoms with Gasteiger partial charge in [0.05, 0.1) is 0 Å². The van der Waals surface area contributed by atoms with Gasteiger partial charge in [-0.15, -0.1) is 0 Å². The molecule has 0 spiro atoms. The average molecular weight is 347 g/mol. The Kier molecular flexibility index (Phi) is 4.04. The van der Waals surface area contributed by atoms with Crippen molar-refractivity contribution < 1.29 is 0 Å². The molecular weight excluding hydrogens is 334 g/mol. The summed E-state index contributed by atoms with van der Waals surface area (Å²) < 4.78 is 1.09. The quantitative estimate of drug-likeness (QED) is 0.661. The topological polar surface area (TPSA) is 12.4 Å². The van der Waals surface area contributed by atoms with Gasteiger partial charge in [-0.25, -0.2) is 0 Å². The lowest BCUT2D eigenvalue weighted by molar-refractivity contribution is 0.909. The van der Waals surface area contributed by atoms with Crippen LogP contribution in [-0.4, -0.2) is 6.21 Å². The van der Waals surface area contributed by atoms with E-state index >= 15 is 0 Å². The summed E-state index contributed by atoms with van der Waals surface area (Å²) in [6, 6.07) is 16.5. The second-order valence-electron chi connectivity index (χ2n) is 4.76. The van der Waals surface area contributed by atoms with Crippen LogP contribution in [0.5, 0.6) is 0 Å². The molecule has 0 saturated heterocycles. The third kappa shape index (κ3) is 2.87. The Hall–Kier alpha value is -1.38. The molecule has 2 aromatic rings. The Morgan fingerprint density at radius 2 is 1.70 bits per heavy atom. The fraction of sp³-hybridized carbons (Fsp3) is 0.118. The van der Waals surface area contributed by atoms with Crippen molar-refractivity contribution in [3.05, 3.63) is 75.4 Å². The highest BCUT2D eigenvalue weighted by Gasteiger charge is 2.19. The number of allylic oxidation sites excluding steroid dienone is 1. The van der Waals surface area contributed by atoms with Crippen molar-refractivity contribution in [2.24, 2.45) is 4.99 Å². The third-order valence-electron chi connectivity index (χ3n) is 3.49. The lowest BCUT2D eigenvalue weighted by atomic mass is 9.84. The number of aliphatic imine (C=N–C) groups is 1. The molecular formula is C17H13BrClN. The number of hydrogen-bond donors (Lipinski definition) is 0. The Balaban J connectivity index is 1.98. The molecule has 0 aromatic heterocycles. The summed E-state index contributed by atoms with van der Waals surface area (Å²) in [5, 5.41) is 0.771. The van der Waals surface area contributed by atoms with Gasteiger partial charge in [0.2, 0.25) is 0 Å². The van der Waals surface area contributed by atoms with Crippen molar-refractivity contribution in [2.45, 2.75) is 12.3 Å². The van der Waals surface area contributed by atoms with Gasteiger partial charge in [-0.2, -0.15) is 0 Å². The number of rotatable bonds is 2. The highest BCUT2D eigenvalue weighted by atomic mass is 79.9. The first-order chi connectivity index (χ1) is 9.74. The zero-order valence-electron chi connectivity index (χ0n) is 10.8. The first-order valence-corrected chi connectivity index (χ1v) is 7.64. The molecule has 20 heavy (non-hydrogen) atoms. The predicted octanol–water partition coefficient (Wildman–Crippen LogP) is 5.70. The first kappa shape index (κ1) is 13.6. The summed E-state index contributed by atoms with van der Waals surface area (Å²) in [4.78, 5) is 4.33. The van der Waals surface area contributed by atoms with Crippen molar-refractivity contribution in [3.8, 4) is 0 Å². The smallest absolute Gasteiger partial charge is 0.0406 e. The highest BCUT2D eigenvalue weighted by molar-refractivity contribution is 9.10. The molecule has 1 heterocycles. The molecule has 0 N–H and O–H groups in total. The van der Waals surface area contributed by atoms with Crippen molar-refractivity contribution in [1.29, 1.82) is 0 Å². The van der Waals surface area contributed by atoms with E-state index in [9.17, 15) is 0 Å². The van der Waals surface area contributed by atoms with E-state index in [1.165, 1.54) is 16.7 Å². The van der Waals surface area contributed by atoms with Crippen molar-refractivity contribution in [3.63, 3.8) is 0 Å². The molecule has 2 aromatic carbocycles. The SMILES string of the molecule is Clc1ccc(C2CC=NC=C2c2ccc(Br)cc2)cc1. The summed E-state index contributed by atoms with van der Waals surface area (Å²) in [5.41, 5.74) is 3.74. The van der Waals surface area contributed by atoms with Crippen molar-refractivity contribution >= 4 is 39.3 Å². The molecule has 1 atom stereocenters. The van der Waals surface area contributed by atoms with E-state index in [0.29, 0.717) is 5.92 Å². The molecule has 0 fully saturated rings. The van der Waals surface area contributed by atoms with Gasteiger partial charge in [-0.1, -0.05) is 51.8 Å². The minimum Gasteiger partial charge on any atom is -0.269 e. The van der Waals surface area contributed by atoms with E-state index in [0.717, 1.165) is 15.9 Å². The molecule has 0 radical (unpaired) electrons. The van der Waals surface area contributed by atoms with Gasteiger partial charge in [-0.3, -0.25) is 4.99 Å². The van der Waals surface area contributed by atoms with Crippen LogP contribution in [0.2, 0.25) is 5.02 Å². The summed E-state index contributed by atoms with van der Waals surface area (Å²) in [5.74, 6) is 0.339. The molecule has 100 valence electrons. The predicted molar refractivity (Wildman–Crippen MR) is 89.4 cm³/mol.